The second kappa shape index (κ2) is 5.65. The largest absolute Gasteiger partial charge is 0.481 e. The van der Waals surface area contributed by atoms with E-state index in [-0.39, 0.29) is 5.91 Å². The van der Waals surface area contributed by atoms with Gasteiger partial charge in [0.25, 0.3) is 0 Å². The zero-order valence-electron chi connectivity index (χ0n) is 10.8. The van der Waals surface area contributed by atoms with Crippen molar-refractivity contribution in [2.45, 2.75) is 46.2 Å². The molecule has 0 radical (unpaired) electrons. The summed E-state index contributed by atoms with van der Waals surface area (Å²) < 4.78 is 0. The van der Waals surface area contributed by atoms with E-state index in [4.69, 9.17) is 5.11 Å². The van der Waals surface area contributed by atoms with Crippen molar-refractivity contribution in [3.05, 3.63) is 0 Å². The van der Waals surface area contributed by atoms with E-state index in [9.17, 15) is 14.4 Å². The molecule has 0 aliphatic heterocycles. The molecule has 0 fully saturated rings. The molecule has 0 saturated heterocycles. The Balaban J connectivity index is 4.36. The summed E-state index contributed by atoms with van der Waals surface area (Å²) in [6.07, 6.45) is 0. The number of carbonyl (C=O) groups is 3. The van der Waals surface area contributed by atoms with Crippen molar-refractivity contribution < 1.29 is 19.5 Å². The summed E-state index contributed by atoms with van der Waals surface area (Å²) in [5.74, 6) is -3.40. The molecule has 0 aromatic heterocycles. The fourth-order valence-corrected chi connectivity index (χ4v) is 0.994. The van der Waals surface area contributed by atoms with E-state index in [1.54, 1.807) is 0 Å². The van der Waals surface area contributed by atoms with Gasteiger partial charge in [0, 0.05) is 5.54 Å². The van der Waals surface area contributed by atoms with E-state index in [2.05, 4.69) is 10.6 Å². The monoisotopic (exact) mass is 244 g/mol. The van der Waals surface area contributed by atoms with Gasteiger partial charge >= 0.3 is 5.97 Å². The van der Waals surface area contributed by atoms with E-state index in [0.717, 1.165) is 0 Å². The smallest absolute Gasteiger partial charge is 0.315 e. The molecule has 0 heterocycles. The molecule has 0 aromatic carbocycles. The van der Waals surface area contributed by atoms with Gasteiger partial charge in [-0.15, -0.1) is 0 Å². The van der Waals surface area contributed by atoms with Gasteiger partial charge in [0.15, 0.2) is 0 Å². The van der Waals surface area contributed by atoms with Crippen molar-refractivity contribution in [1.29, 1.82) is 0 Å². The number of hydrogen-bond acceptors (Lipinski definition) is 3. The highest BCUT2D eigenvalue weighted by atomic mass is 16.4. The molecule has 0 aromatic rings. The lowest BCUT2D eigenvalue weighted by Crippen LogP contribution is -2.52. The molecule has 2 amide bonds. The fourth-order valence-electron chi connectivity index (χ4n) is 0.994. The van der Waals surface area contributed by atoms with Gasteiger partial charge in [-0.3, -0.25) is 14.4 Å². The third kappa shape index (κ3) is 5.89. The molecule has 2 atom stereocenters. The minimum Gasteiger partial charge on any atom is -0.481 e. The summed E-state index contributed by atoms with van der Waals surface area (Å²) in [6.45, 7) is 8.23. The molecule has 0 saturated carbocycles. The first kappa shape index (κ1) is 15.4. The first-order chi connectivity index (χ1) is 7.54. The van der Waals surface area contributed by atoms with Crippen LogP contribution >= 0.6 is 0 Å². The van der Waals surface area contributed by atoms with Crippen LogP contribution in [0.4, 0.5) is 0 Å². The third-order valence-electron chi connectivity index (χ3n) is 2.01. The fraction of sp³-hybridized carbons (Fsp3) is 0.727. The lowest BCUT2D eigenvalue weighted by atomic mass is 10.1. The highest BCUT2D eigenvalue weighted by molar-refractivity contribution is 5.98. The highest BCUT2D eigenvalue weighted by Gasteiger charge is 2.25. The first-order valence-corrected chi connectivity index (χ1v) is 5.40. The van der Waals surface area contributed by atoms with E-state index >= 15 is 0 Å². The summed E-state index contributed by atoms with van der Waals surface area (Å²) in [5, 5.41) is 13.7. The summed E-state index contributed by atoms with van der Waals surface area (Å²) in [4.78, 5) is 33.6. The number of carboxylic acids is 1. The lowest BCUT2D eigenvalue weighted by molar-refractivity contribution is -0.147. The quantitative estimate of drug-likeness (QED) is 0.612. The summed E-state index contributed by atoms with van der Waals surface area (Å²) in [7, 11) is 0. The molecule has 0 aliphatic rings. The minimum absolute atomic E-state index is 0.344. The predicted octanol–water partition coefficient (Wildman–Crippen LogP) is 0.126. The average Bonchev–Trinajstić information content (AvgIpc) is 2.13. The van der Waals surface area contributed by atoms with Gasteiger partial charge in [-0.2, -0.15) is 0 Å². The normalized spacial score (nSPS) is 14.6. The molecular formula is C11H20N2O4. The number of carboxylic acid groups (broad SMARTS) is 1. The van der Waals surface area contributed by atoms with Crippen LogP contribution in [0.1, 0.15) is 34.6 Å². The highest BCUT2D eigenvalue weighted by Crippen LogP contribution is 2.00. The van der Waals surface area contributed by atoms with E-state index in [1.807, 2.05) is 20.8 Å². The van der Waals surface area contributed by atoms with Crippen molar-refractivity contribution in [3.63, 3.8) is 0 Å². The van der Waals surface area contributed by atoms with Crippen LogP contribution in [-0.2, 0) is 14.4 Å². The van der Waals surface area contributed by atoms with Gasteiger partial charge in [0.05, 0.1) is 0 Å². The Kier molecular flexibility index (Phi) is 5.12. The zero-order chi connectivity index (χ0) is 13.8. The van der Waals surface area contributed by atoms with Gasteiger partial charge in [0.1, 0.15) is 12.0 Å². The summed E-state index contributed by atoms with van der Waals surface area (Å²) in [6, 6.07) is -0.761. The summed E-state index contributed by atoms with van der Waals surface area (Å²) >= 11 is 0. The number of carbonyl (C=O) groups excluding carboxylic acids is 2. The maximum Gasteiger partial charge on any atom is 0.315 e. The zero-order valence-corrected chi connectivity index (χ0v) is 10.8. The molecule has 6 heteroatoms. The Labute approximate surface area is 101 Å². The SMILES string of the molecule is CC(NC(=O)C(C)C(=O)O)C(=O)NC(C)(C)C. The van der Waals surface area contributed by atoms with Crippen LogP contribution in [0, 0.1) is 5.92 Å². The van der Waals surface area contributed by atoms with E-state index in [1.165, 1.54) is 13.8 Å². The van der Waals surface area contributed by atoms with Crippen LogP contribution in [0.2, 0.25) is 0 Å². The molecular weight excluding hydrogens is 224 g/mol. The van der Waals surface area contributed by atoms with Gasteiger partial charge < -0.3 is 15.7 Å². The maximum atomic E-state index is 11.6. The average molecular weight is 244 g/mol. The number of hydrogen-bond donors (Lipinski definition) is 3. The van der Waals surface area contributed by atoms with E-state index < -0.39 is 29.4 Å². The molecule has 6 nitrogen and oxygen atoms in total. The number of nitrogens with one attached hydrogen (secondary N) is 2. The second-order valence-corrected chi connectivity index (χ2v) is 5.03. The molecule has 3 N–H and O–H groups in total. The molecule has 0 rings (SSSR count). The Hall–Kier alpha value is -1.59. The molecule has 0 aliphatic carbocycles. The van der Waals surface area contributed by atoms with Crippen LogP contribution in [0.15, 0.2) is 0 Å². The Morgan fingerprint density at radius 2 is 1.53 bits per heavy atom. The number of aliphatic carboxylic acids is 1. The first-order valence-electron chi connectivity index (χ1n) is 5.40. The maximum absolute atomic E-state index is 11.6. The van der Waals surface area contributed by atoms with Crippen molar-refractivity contribution in [1.82, 2.24) is 10.6 Å². The van der Waals surface area contributed by atoms with Crippen molar-refractivity contribution >= 4 is 17.8 Å². The minimum atomic E-state index is -1.22. The predicted molar refractivity (Wildman–Crippen MR) is 62.3 cm³/mol. The Morgan fingerprint density at radius 1 is 1.06 bits per heavy atom. The Morgan fingerprint density at radius 3 is 1.88 bits per heavy atom. The standard InChI is InChI=1S/C11H20N2O4/c1-6(10(16)17)8(14)12-7(2)9(15)13-11(3,4)5/h6-7H,1-5H3,(H,12,14)(H,13,15)(H,16,17). The van der Waals surface area contributed by atoms with E-state index in [0.29, 0.717) is 0 Å². The topological polar surface area (TPSA) is 95.5 Å². The molecule has 98 valence electrons. The van der Waals surface area contributed by atoms with Gasteiger partial charge in [0.2, 0.25) is 11.8 Å². The van der Waals surface area contributed by atoms with Crippen molar-refractivity contribution in [2.75, 3.05) is 0 Å². The molecule has 2 unspecified atom stereocenters. The molecule has 0 spiro atoms. The van der Waals surface area contributed by atoms with Gasteiger partial charge in [-0.05, 0) is 34.6 Å². The van der Waals surface area contributed by atoms with Gasteiger partial charge in [-0.1, -0.05) is 0 Å². The van der Waals surface area contributed by atoms with Crippen LogP contribution in [-0.4, -0.2) is 34.5 Å². The Bertz CT molecular complexity index is 320. The number of amides is 2. The van der Waals surface area contributed by atoms with Crippen molar-refractivity contribution in [2.24, 2.45) is 5.92 Å². The van der Waals surface area contributed by atoms with Crippen LogP contribution in [0.5, 0.6) is 0 Å². The molecule has 0 bridgehead atoms. The van der Waals surface area contributed by atoms with Crippen LogP contribution < -0.4 is 10.6 Å². The van der Waals surface area contributed by atoms with Crippen molar-refractivity contribution in [3.8, 4) is 0 Å². The second-order valence-electron chi connectivity index (χ2n) is 5.03. The molecule has 17 heavy (non-hydrogen) atoms. The van der Waals surface area contributed by atoms with Gasteiger partial charge in [-0.25, -0.2) is 0 Å². The third-order valence-corrected chi connectivity index (χ3v) is 2.01. The van der Waals surface area contributed by atoms with Crippen LogP contribution in [0.25, 0.3) is 0 Å². The lowest BCUT2D eigenvalue weighted by Gasteiger charge is -2.24. The van der Waals surface area contributed by atoms with Crippen LogP contribution in [0.3, 0.4) is 0 Å². The summed E-state index contributed by atoms with van der Waals surface area (Å²) in [5.41, 5.74) is -0.394. The number of rotatable bonds is 4.